The third-order valence-corrected chi connectivity index (χ3v) is 2.66. The summed E-state index contributed by atoms with van der Waals surface area (Å²) < 4.78 is 0. The van der Waals surface area contributed by atoms with E-state index in [1.54, 1.807) is 0 Å². The lowest BCUT2D eigenvalue weighted by Gasteiger charge is -2.08. The Morgan fingerprint density at radius 3 is 1.79 bits per heavy atom. The van der Waals surface area contributed by atoms with Crippen LogP contribution in [0.5, 0.6) is 0 Å². The summed E-state index contributed by atoms with van der Waals surface area (Å²) in [6.45, 7) is 4.85. The van der Waals surface area contributed by atoms with Crippen molar-refractivity contribution < 1.29 is 4.84 Å². The fraction of sp³-hybridized carbons (Fsp3) is 0.235. The predicted octanol–water partition coefficient (Wildman–Crippen LogP) is 4.11. The number of benzene rings is 2. The maximum absolute atomic E-state index is 5.45. The smallest absolute Gasteiger partial charge is 0.119 e. The summed E-state index contributed by atoms with van der Waals surface area (Å²) in [7, 11) is 0. The lowest BCUT2D eigenvalue weighted by molar-refractivity contribution is 0.118. The molecule has 0 bridgehead atoms. The Kier molecular flexibility index (Phi) is 4.73. The monoisotopic (exact) mass is 253 g/mol. The predicted molar refractivity (Wildman–Crippen MR) is 79.3 cm³/mol. The van der Waals surface area contributed by atoms with Crippen LogP contribution in [-0.2, 0) is 4.84 Å². The van der Waals surface area contributed by atoms with Crippen LogP contribution in [0.4, 0.5) is 0 Å². The number of nitrogens with zero attached hydrogens (tertiary/aromatic N) is 1. The van der Waals surface area contributed by atoms with E-state index in [0.29, 0.717) is 12.5 Å². The molecule has 19 heavy (non-hydrogen) atoms. The minimum absolute atomic E-state index is 0.469. The van der Waals surface area contributed by atoms with E-state index in [9.17, 15) is 0 Å². The van der Waals surface area contributed by atoms with Crippen molar-refractivity contribution in [3.8, 4) is 0 Å². The van der Waals surface area contributed by atoms with Crippen LogP contribution in [0.1, 0.15) is 25.0 Å². The van der Waals surface area contributed by atoms with Crippen LogP contribution in [0.2, 0.25) is 0 Å². The molecule has 0 aliphatic rings. The number of oxime groups is 1. The minimum Gasteiger partial charge on any atom is -0.395 e. The second-order valence-corrected chi connectivity index (χ2v) is 4.86. The van der Waals surface area contributed by atoms with Crippen LogP contribution < -0.4 is 0 Å². The van der Waals surface area contributed by atoms with Crippen molar-refractivity contribution in [3.63, 3.8) is 0 Å². The minimum atomic E-state index is 0.469. The standard InChI is InChI=1S/C17H19NO/c1-14(2)13-19-18-17(15-9-5-3-6-10-15)16-11-7-4-8-12-16/h3-12,14H,13H2,1-2H3. The number of rotatable bonds is 5. The Bertz CT molecular complexity index is 476. The molecule has 0 aliphatic heterocycles. The van der Waals surface area contributed by atoms with Crippen LogP contribution >= 0.6 is 0 Å². The Labute approximate surface area is 114 Å². The van der Waals surface area contributed by atoms with Crippen molar-refractivity contribution in [1.29, 1.82) is 0 Å². The highest BCUT2D eigenvalue weighted by molar-refractivity contribution is 6.12. The molecule has 0 saturated carbocycles. The third-order valence-electron chi connectivity index (χ3n) is 2.66. The Morgan fingerprint density at radius 1 is 0.895 bits per heavy atom. The Morgan fingerprint density at radius 2 is 1.37 bits per heavy atom. The summed E-state index contributed by atoms with van der Waals surface area (Å²) in [6, 6.07) is 20.2. The van der Waals surface area contributed by atoms with E-state index in [4.69, 9.17) is 4.84 Å². The lowest BCUT2D eigenvalue weighted by atomic mass is 10.0. The van der Waals surface area contributed by atoms with Crippen molar-refractivity contribution in [2.24, 2.45) is 11.1 Å². The SMILES string of the molecule is CC(C)CON=C(c1ccccc1)c1ccccc1. The Balaban J connectivity index is 2.29. The second-order valence-electron chi connectivity index (χ2n) is 4.86. The molecule has 0 N–H and O–H groups in total. The van der Waals surface area contributed by atoms with Gasteiger partial charge in [0.1, 0.15) is 12.3 Å². The Hall–Kier alpha value is -2.09. The van der Waals surface area contributed by atoms with Gasteiger partial charge < -0.3 is 4.84 Å². The van der Waals surface area contributed by atoms with Crippen molar-refractivity contribution in [2.75, 3.05) is 6.61 Å². The lowest BCUT2D eigenvalue weighted by Crippen LogP contribution is -2.06. The molecule has 0 heterocycles. The van der Waals surface area contributed by atoms with Gasteiger partial charge in [-0.2, -0.15) is 0 Å². The van der Waals surface area contributed by atoms with Gasteiger partial charge in [0, 0.05) is 11.1 Å². The van der Waals surface area contributed by atoms with E-state index >= 15 is 0 Å². The van der Waals surface area contributed by atoms with Crippen LogP contribution in [0, 0.1) is 5.92 Å². The normalized spacial score (nSPS) is 10.3. The van der Waals surface area contributed by atoms with Crippen molar-refractivity contribution in [2.45, 2.75) is 13.8 Å². The summed E-state index contributed by atoms with van der Waals surface area (Å²) in [5.74, 6) is 0.469. The summed E-state index contributed by atoms with van der Waals surface area (Å²) >= 11 is 0. The molecule has 0 spiro atoms. The zero-order valence-electron chi connectivity index (χ0n) is 11.4. The molecule has 0 amide bonds. The number of hydrogen-bond donors (Lipinski definition) is 0. The topological polar surface area (TPSA) is 21.6 Å². The molecule has 0 fully saturated rings. The molecule has 2 heteroatoms. The second kappa shape index (κ2) is 6.74. The van der Waals surface area contributed by atoms with Crippen molar-refractivity contribution in [3.05, 3.63) is 71.8 Å². The molecule has 0 unspecified atom stereocenters. The van der Waals surface area contributed by atoms with Gasteiger partial charge in [-0.05, 0) is 5.92 Å². The average molecular weight is 253 g/mol. The van der Waals surface area contributed by atoms with Crippen molar-refractivity contribution >= 4 is 5.71 Å². The molecule has 0 radical (unpaired) electrons. The summed E-state index contributed by atoms with van der Waals surface area (Å²) in [5.41, 5.74) is 3.01. The van der Waals surface area contributed by atoms with E-state index in [0.717, 1.165) is 16.8 Å². The van der Waals surface area contributed by atoms with Gasteiger partial charge in [-0.3, -0.25) is 0 Å². The van der Waals surface area contributed by atoms with Gasteiger partial charge >= 0.3 is 0 Å². The van der Waals surface area contributed by atoms with Gasteiger partial charge in [0.2, 0.25) is 0 Å². The van der Waals surface area contributed by atoms with Crippen molar-refractivity contribution in [1.82, 2.24) is 0 Å². The first-order chi connectivity index (χ1) is 9.27. The molecule has 0 aliphatic carbocycles. The summed E-state index contributed by atoms with van der Waals surface area (Å²) in [5, 5.41) is 4.32. The fourth-order valence-corrected chi connectivity index (χ4v) is 1.72. The fourth-order valence-electron chi connectivity index (χ4n) is 1.72. The van der Waals surface area contributed by atoms with Gasteiger partial charge in [0.15, 0.2) is 0 Å². The van der Waals surface area contributed by atoms with Gasteiger partial charge in [-0.1, -0.05) is 79.7 Å². The highest BCUT2D eigenvalue weighted by Gasteiger charge is 2.07. The molecule has 0 atom stereocenters. The maximum Gasteiger partial charge on any atom is 0.119 e. The average Bonchev–Trinajstić information content (AvgIpc) is 2.45. The molecule has 2 rings (SSSR count). The van der Waals surface area contributed by atoms with E-state index in [1.807, 2.05) is 60.7 Å². The molecule has 2 aromatic rings. The quantitative estimate of drug-likeness (QED) is 0.580. The van der Waals surface area contributed by atoms with E-state index in [1.165, 1.54) is 0 Å². The molecule has 98 valence electrons. The van der Waals surface area contributed by atoms with Gasteiger partial charge in [-0.15, -0.1) is 0 Å². The first-order valence-corrected chi connectivity index (χ1v) is 6.58. The molecule has 2 aromatic carbocycles. The van der Waals surface area contributed by atoms with Crippen LogP contribution in [0.15, 0.2) is 65.8 Å². The molecule has 2 nitrogen and oxygen atoms in total. The van der Waals surface area contributed by atoms with Gasteiger partial charge in [-0.25, -0.2) is 0 Å². The van der Waals surface area contributed by atoms with Gasteiger partial charge in [0.25, 0.3) is 0 Å². The molecule has 0 aromatic heterocycles. The largest absolute Gasteiger partial charge is 0.395 e. The number of hydrogen-bond acceptors (Lipinski definition) is 2. The first-order valence-electron chi connectivity index (χ1n) is 6.58. The van der Waals surface area contributed by atoms with Crippen LogP contribution in [0.3, 0.4) is 0 Å². The van der Waals surface area contributed by atoms with Crippen LogP contribution in [0.25, 0.3) is 0 Å². The molecular weight excluding hydrogens is 234 g/mol. The van der Waals surface area contributed by atoms with E-state index < -0.39 is 0 Å². The highest BCUT2D eigenvalue weighted by Crippen LogP contribution is 2.11. The molecule has 0 saturated heterocycles. The molecular formula is C17H19NO. The zero-order chi connectivity index (χ0) is 13.5. The van der Waals surface area contributed by atoms with Crippen LogP contribution in [-0.4, -0.2) is 12.3 Å². The first kappa shape index (κ1) is 13.3. The highest BCUT2D eigenvalue weighted by atomic mass is 16.6. The van der Waals surface area contributed by atoms with E-state index in [2.05, 4.69) is 19.0 Å². The maximum atomic E-state index is 5.45. The zero-order valence-corrected chi connectivity index (χ0v) is 11.4. The van der Waals surface area contributed by atoms with Gasteiger partial charge in [0.05, 0.1) is 0 Å². The summed E-state index contributed by atoms with van der Waals surface area (Å²) in [6.07, 6.45) is 0. The summed E-state index contributed by atoms with van der Waals surface area (Å²) in [4.78, 5) is 5.45. The van der Waals surface area contributed by atoms with E-state index in [-0.39, 0.29) is 0 Å². The third kappa shape index (κ3) is 3.95.